The van der Waals surface area contributed by atoms with Gasteiger partial charge in [0, 0.05) is 5.92 Å². The lowest BCUT2D eigenvalue weighted by molar-refractivity contribution is 0.474. The quantitative estimate of drug-likeness (QED) is 0.694. The van der Waals surface area contributed by atoms with Crippen molar-refractivity contribution in [2.45, 2.75) is 6.92 Å². The van der Waals surface area contributed by atoms with Crippen molar-refractivity contribution in [3.8, 4) is 0 Å². The maximum atomic E-state index is 11.2. The first-order chi connectivity index (χ1) is 7.00. The Hall–Kier alpha value is -1.13. The highest BCUT2D eigenvalue weighted by atomic mass is 32.2. The van der Waals surface area contributed by atoms with Crippen LogP contribution in [-0.4, -0.2) is 13.0 Å². The first-order valence-corrected chi connectivity index (χ1v) is 6.18. The minimum atomic E-state index is -4.09. The van der Waals surface area contributed by atoms with Gasteiger partial charge in [-0.3, -0.25) is 4.55 Å². The van der Waals surface area contributed by atoms with Gasteiger partial charge in [0.05, 0.1) is 4.91 Å². The van der Waals surface area contributed by atoms with E-state index in [0.29, 0.717) is 0 Å². The molecule has 1 N–H and O–H groups in total. The van der Waals surface area contributed by atoms with Gasteiger partial charge in [-0.15, -0.1) is 0 Å². The number of allylic oxidation sites excluding steroid dienone is 8. The minimum Gasteiger partial charge on any atom is -0.282 e. The van der Waals surface area contributed by atoms with Crippen LogP contribution in [0.15, 0.2) is 46.9 Å². The van der Waals surface area contributed by atoms with Crippen LogP contribution in [0.25, 0.3) is 0 Å². The van der Waals surface area contributed by atoms with Gasteiger partial charge in [-0.2, -0.15) is 8.42 Å². The summed E-state index contributed by atoms with van der Waals surface area (Å²) in [5, 5.41) is 0. The maximum absolute atomic E-state index is 11.2. The first kappa shape index (κ1) is 10.4. The van der Waals surface area contributed by atoms with E-state index in [-0.39, 0.29) is 16.7 Å². The summed E-state index contributed by atoms with van der Waals surface area (Å²) in [4.78, 5) is 0.0908. The largest absolute Gasteiger partial charge is 0.291 e. The summed E-state index contributed by atoms with van der Waals surface area (Å²) >= 11 is 0. The lowest BCUT2D eigenvalue weighted by Crippen LogP contribution is -2.23. The molecule has 0 aromatic rings. The molecular weight excluding hydrogens is 212 g/mol. The topological polar surface area (TPSA) is 54.4 Å². The summed E-state index contributed by atoms with van der Waals surface area (Å²) < 4.78 is 31.5. The summed E-state index contributed by atoms with van der Waals surface area (Å²) in [7, 11) is -4.09. The fraction of sp³-hybridized carbons (Fsp3) is 0.273. The van der Waals surface area contributed by atoms with Gasteiger partial charge < -0.3 is 0 Å². The number of fused-ring (bicyclic) bond motifs is 1. The molecule has 15 heavy (non-hydrogen) atoms. The molecule has 2 aliphatic rings. The molecule has 0 saturated carbocycles. The number of hydrogen-bond donors (Lipinski definition) is 1. The fourth-order valence-electron chi connectivity index (χ4n) is 2.05. The SMILES string of the molecule is CC1C=CC=C2C=CC=C(S(=O)(=O)O)C21. The molecule has 80 valence electrons. The Morgan fingerprint density at radius 3 is 2.67 bits per heavy atom. The minimum absolute atomic E-state index is 0.0862. The van der Waals surface area contributed by atoms with Crippen molar-refractivity contribution in [3.63, 3.8) is 0 Å². The van der Waals surface area contributed by atoms with E-state index in [1.165, 1.54) is 6.08 Å². The second kappa shape index (κ2) is 3.47. The molecule has 0 amide bonds. The van der Waals surface area contributed by atoms with Crippen LogP contribution in [-0.2, 0) is 10.1 Å². The molecule has 0 aromatic heterocycles. The second-order valence-corrected chi connectivity index (χ2v) is 5.21. The van der Waals surface area contributed by atoms with Crippen molar-refractivity contribution in [2.75, 3.05) is 0 Å². The predicted molar refractivity (Wildman–Crippen MR) is 58.6 cm³/mol. The first-order valence-electron chi connectivity index (χ1n) is 4.74. The van der Waals surface area contributed by atoms with E-state index in [0.717, 1.165) is 5.57 Å². The van der Waals surface area contributed by atoms with E-state index < -0.39 is 10.1 Å². The molecule has 2 rings (SSSR count). The summed E-state index contributed by atoms with van der Waals surface area (Å²) in [6.45, 7) is 1.94. The number of hydrogen-bond acceptors (Lipinski definition) is 2. The lowest BCUT2D eigenvalue weighted by atomic mass is 9.81. The monoisotopic (exact) mass is 224 g/mol. The maximum Gasteiger partial charge on any atom is 0.291 e. The molecule has 0 spiro atoms. The smallest absolute Gasteiger partial charge is 0.282 e. The van der Waals surface area contributed by atoms with Crippen LogP contribution >= 0.6 is 0 Å². The Kier molecular flexibility index (Phi) is 2.40. The van der Waals surface area contributed by atoms with Gasteiger partial charge in [0.1, 0.15) is 0 Å². The Morgan fingerprint density at radius 1 is 1.27 bits per heavy atom. The van der Waals surface area contributed by atoms with E-state index in [1.54, 1.807) is 6.08 Å². The van der Waals surface area contributed by atoms with Crippen molar-refractivity contribution in [1.82, 2.24) is 0 Å². The Balaban J connectivity index is 2.52. The average Bonchev–Trinajstić information content (AvgIpc) is 2.16. The van der Waals surface area contributed by atoms with Crippen molar-refractivity contribution < 1.29 is 13.0 Å². The van der Waals surface area contributed by atoms with Gasteiger partial charge in [0.25, 0.3) is 10.1 Å². The van der Waals surface area contributed by atoms with Crippen molar-refractivity contribution in [3.05, 3.63) is 46.9 Å². The van der Waals surface area contributed by atoms with Gasteiger partial charge in [0.15, 0.2) is 0 Å². The highest BCUT2D eigenvalue weighted by Gasteiger charge is 2.32. The fourth-order valence-corrected chi connectivity index (χ4v) is 2.97. The zero-order valence-electron chi connectivity index (χ0n) is 8.29. The van der Waals surface area contributed by atoms with Crippen LogP contribution in [0, 0.1) is 11.8 Å². The summed E-state index contributed by atoms with van der Waals surface area (Å²) in [5.74, 6) is -0.155. The van der Waals surface area contributed by atoms with Gasteiger partial charge >= 0.3 is 0 Å². The lowest BCUT2D eigenvalue weighted by Gasteiger charge is -2.28. The molecule has 2 unspecified atom stereocenters. The molecule has 0 aromatic carbocycles. The van der Waals surface area contributed by atoms with Crippen LogP contribution < -0.4 is 0 Å². The van der Waals surface area contributed by atoms with Gasteiger partial charge in [-0.1, -0.05) is 37.3 Å². The Bertz CT molecular complexity index is 492. The van der Waals surface area contributed by atoms with E-state index >= 15 is 0 Å². The van der Waals surface area contributed by atoms with E-state index in [2.05, 4.69) is 0 Å². The van der Waals surface area contributed by atoms with Crippen molar-refractivity contribution >= 4 is 10.1 Å². The van der Waals surface area contributed by atoms with Gasteiger partial charge in [0.2, 0.25) is 0 Å². The number of rotatable bonds is 1. The van der Waals surface area contributed by atoms with Crippen LogP contribution in [0.4, 0.5) is 0 Å². The van der Waals surface area contributed by atoms with Crippen LogP contribution in [0.3, 0.4) is 0 Å². The molecule has 0 saturated heterocycles. The molecule has 0 heterocycles. The van der Waals surface area contributed by atoms with Crippen molar-refractivity contribution in [2.24, 2.45) is 11.8 Å². The average molecular weight is 224 g/mol. The van der Waals surface area contributed by atoms with Gasteiger partial charge in [-0.05, 0) is 17.6 Å². The molecule has 2 aliphatic carbocycles. The van der Waals surface area contributed by atoms with E-state index in [4.69, 9.17) is 4.55 Å². The Morgan fingerprint density at radius 2 is 2.00 bits per heavy atom. The standard InChI is InChI=1S/C11H12O3S/c1-8-4-2-5-9-6-3-7-10(11(8)9)15(12,13)14/h2-8,11H,1H3,(H,12,13,14). The summed E-state index contributed by atoms with van der Waals surface area (Å²) in [6.07, 6.45) is 10.7. The van der Waals surface area contributed by atoms with Gasteiger partial charge in [-0.25, -0.2) is 0 Å². The molecule has 3 nitrogen and oxygen atoms in total. The molecule has 0 radical (unpaired) electrons. The summed E-state index contributed by atoms with van der Waals surface area (Å²) in [6, 6.07) is 0. The third-order valence-electron chi connectivity index (χ3n) is 2.74. The van der Waals surface area contributed by atoms with E-state index in [9.17, 15) is 8.42 Å². The third kappa shape index (κ3) is 1.82. The molecule has 0 aliphatic heterocycles. The van der Waals surface area contributed by atoms with Crippen LogP contribution in [0.2, 0.25) is 0 Å². The van der Waals surface area contributed by atoms with Crippen LogP contribution in [0.1, 0.15) is 6.92 Å². The normalized spacial score (nSPS) is 29.5. The third-order valence-corrected chi connectivity index (χ3v) is 3.73. The predicted octanol–water partition coefficient (Wildman–Crippen LogP) is 2.08. The molecule has 4 heteroatoms. The molecular formula is C11H12O3S. The molecule has 0 fully saturated rings. The Labute approximate surface area is 89.2 Å². The zero-order valence-corrected chi connectivity index (χ0v) is 9.11. The second-order valence-electron chi connectivity index (χ2n) is 3.79. The van der Waals surface area contributed by atoms with E-state index in [1.807, 2.05) is 31.2 Å². The van der Waals surface area contributed by atoms with Crippen molar-refractivity contribution in [1.29, 1.82) is 0 Å². The molecule has 2 atom stereocenters. The van der Waals surface area contributed by atoms with Crippen LogP contribution in [0.5, 0.6) is 0 Å². The summed E-state index contributed by atoms with van der Waals surface area (Å²) in [5.41, 5.74) is 0.931. The molecule has 0 bridgehead atoms. The zero-order chi connectivity index (χ0) is 11.1. The highest BCUT2D eigenvalue weighted by molar-refractivity contribution is 7.89. The highest BCUT2D eigenvalue weighted by Crippen LogP contribution is 2.37.